The average Bonchev–Trinajstić information content (AvgIpc) is 3.64. The number of H-pyrrole nitrogens is 1. The average molecular weight is 521 g/mol. The van der Waals surface area contributed by atoms with Crippen LogP contribution in [0.4, 0.5) is 5.13 Å². The molecule has 5 aromatic rings. The first-order valence-electron chi connectivity index (χ1n) is 11.4. The Kier molecular flexibility index (Phi) is 5.57. The van der Waals surface area contributed by atoms with Crippen LogP contribution in [0.15, 0.2) is 59.0 Å². The Balaban J connectivity index is 1.16. The molecule has 1 aliphatic rings. The van der Waals surface area contributed by atoms with Gasteiger partial charge in [0.2, 0.25) is 5.95 Å². The lowest BCUT2D eigenvalue weighted by molar-refractivity contribution is 0.0746. The molecule has 36 heavy (non-hydrogen) atoms. The number of aromatic amines is 1. The van der Waals surface area contributed by atoms with Crippen LogP contribution in [0.1, 0.15) is 16.1 Å². The molecule has 1 aliphatic heterocycles. The fourth-order valence-corrected chi connectivity index (χ4v) is 5.40. The predicted molar refractivity (Wildman–Crippen MR) is 138 cm³/mol. The van der Waals surface area contributed by atoms with Crippen LogP contribution in [0, 0.1) is 6.92 Å². The Hall–Kier alpha value is -3.96. The molecule has 12 heteroatoms. The van der Waals surface area contributed by atoms with Gasteiger partial charge in [-0.2, -0.15) is 5.10 Å². The Morgan fingerprint density at radius 2 is 1.97 bits per heavy atom. The topological polar surface area (TPSA) is 104 Å². The second-order valence-corrected chi connectivity index (χ2v) is 9.75. The zero-order chi connectivity index (χ0) is 24.8. The lowest BCUT2D eigenvalue weighted by Crippen LogP contribution is -2.48. The fourth-order valence-electron chi connectivity index (χ4n) is 4.32. The van der Waals surface area contributed by atoms with Crippen molar-refractivity contribution in [3.8, 4) is 17.2 Å². The predicted octanol–water partition coefficient (Wildman–Crippen LogP) is 3.26. The van der Waals surface area contributed by atoms with Gasteiger partial charge >= 0.3 is 0 Å². The summed E-state index contributed by atoms with van der Waals surface area (Å²) in [4.78, 5) is 37.2. The molecule has 0 radical (unpaired) electrons. The summed E-state index contributed by atoms with van der Waals surface area (Å²) < 4.78 is 2.98. The van der Waals surface area contributed by atoms with E-state index in [4.69, 9.17) is 16.6 Å². The van der Waals surface area contributed by atoms with Gasteiger partial charge in [-0.15, -0.1) is 16.4 Å². The summed E-state index contributed by atoms with van der Waals surface area (Å²) in [7, 11) is 0. The van der Waals surface area contributed by atoms with Crippen molar-refractivity contribution in [2.75, 3.05) is 31.1 Å². The van der Waals surface area contributed by atoms with Gasteiger partial charge in [0.15, 0.2) is 5.13 Å². The van der Waals surface area contributed by atoms with E-state index in [-0.39, 0.29) is 17.4 Å². The fraction of sp³-hybridized carbons (Fsp3) is 0.208. The normalized spacial score (nSPS) is 14.1. The van der Waals surface area contributed by atoms with Gasteiger partial charge < -0.3 is 9.80 Å². The first kappa shape index (κ1) is 22.5. The number of aromatic nitrogens is 6. The molecule has 0 bridgehead atoms. The standard InChI is InChI=1S/C24H21ClN8O2S/c1-15-18(13-26-33(15)23-28-21(34)20-6-3-7-32(20)29-23)22(35)30-8-10-31(11-9-30)24-27-19(14-36-24)16-4-2-5-17(25)12-16/h2-7,12-14H,8-11H2,1H3,(H,28,29,34). The molecule has 0 spiro atoms. The number of piperazine rings is 1. The van der Waals surface area contributed by atoms with Crippen molar-refractivity contribution >= 4 is 39.5 Å². The van der Waals surface area contributed by atoms with Crippen molar-refractivity contribution in [1.29, 1.82) is 0 Å². The van der Waals surface area contributed by atoms with Crippen molar-refractivity contribution < 1.29 is 4.79 Å². The lowest BCUT2D eigenvalue weighted by Gasteiger charge is -2.34. The second kappa shape index (κ2) is 8.92. The number of nitrogens with zero attached hydrogens (tertiary/aromatic N) is 7. The summed E-state index contributed by atoms with van der Waals surface area (Å²) in [6.07, 6.45) is 3.22. The summed E-state index contributed by atoms with van der Waals surface area (Å²) >= 11 is 7.71. The smallest absolute Gasteiger partial charge is 0.276 e. The first-order chi connectivity index (χ1) is 17.5. The molecular weight excluding hydrogens is 500 g/mol. The highest BCUT2D eigenvalue weighted by atomic mass is 35.5. The largest absolute Gasteiger partial charge is 0.345 e. The maximum Gasteiger partial charge on any atom is 0.276 e. The Morgan fingerprint density at radius 3 is 2.78 bits per heavy atom. The molecule has 0 saturated carbocycles. The molecule has 1 aromatic carbocycles. The zero-order valence-electron chi connectivity index (χ0n) is 19.3. The minimum atomic E-state index is -0.274. The number of carbonyl (C=O) groups is 1. The van der Waals surface area contributed by atoms with Crippen LogP contribution in [0.25, 0.3) is 22.7 Å². The highest BCUT2D eigenvalue weighted by Crippen LogP contribution is 2.29. The highest BCUT2D eigenvalue weighted by molar-refractivity contribution is 7.14. The number of carbonyl (C=O) groups excluding carboxylic acids is 1. The SMILES string of the molecule is Cc1c(C(=O)N2CCN(c3nc(-c4cccc(Cl)c4)cs3)CC2)cnn1-c1nn2cccc2c(=O)[nH]1. The second-order valence-electron chi connectivity index (χ2n) is 8.48. The number of fused-ring (bicyclic) bond motifs is 1. The molecule has 1 fully saturated rings. The molecular formula is C24H21ClN8O2S. The van der Waals surface area contributed by atoms with E-state index in [0.29, 0.717) is 48.0 Å². The molecule has 0 atom stereocenters. The van der Waals surface area contributed by atoms with E-state index >= 15 is 0 Å². The van der Waals surface area contributed by atoms with E-state index in [1.165, 1.54) is 15.4 Å². The molecule has 0 unspecified atom stereocenters. The molecule has 0 aliphatic carbocycles. The molecule has 1 amide bonds. The minimum Gasteiger partial charge on any atom is -0.345 e. The van der Waals surface area contributed by atoms with Gasteiger partial charge in [-0.1, -0.05) is 23.7 Å². The zero-order valence-corrected chi connectivity index (χ0v) is 20.8. The van der Waals surface area contributed by atoms with Crippen LogP contribution in [0.3, 0.4) is 0 Å². The summed E-state index contributed by atoms with van der Waals surface area (Å²) in [6, 6.07) is 11.1. The maximum atomic E-state index is 13.3. The number of anilines is 1. The van der Waals surface area contributed by atoms with E-state index in [1.807, 2.05) is 34.5 Å². The van der Waals surface area contributed by atoms with Gasteiger partial charge in [-0.25, -0.2) is 14.2 Å². The van der Waals surface area contributed by atoms with Gasteiger partial charge in [-0.3, -0.25) is 14.6 Å². The molecule has 6 rings (SSSR count). The van der Waals surface area contributed by atoms with Crippen molar-refractivity contribution in [3.63, 3.8) is 0 Å². The van der Waals surface area contributed by atoms with Crippen LogP contribution < -0.4 is 10.5 Å². The van der Waals surface area contributed by atoms with Crippen molar-refractivity contribution in [1.82, 2.24) is 34.3 Å². The Morgan fingerprint density at radius 1 is 1.14 bits per heavy atom. The number of thiazole rings is 1. The van der Waals surface area contributed by atoms with Gasteiger partial charge in [0, 0.05) is 48.3 Å². The first-order valence-corrected chi connectivity index (χ1v) is 12.6. The van der Waals surface area contributed by atoms with E-state index in [2.05, 4.69) is 20.1 Å². The third-order valence-electron chi connectivity index (χ3n) is 6.28. The number of benzene rings is 1. The third kappa shape index (κ3) is 3.95. The summed E-state index contributed by atoms with van der Waals surface area (Å²) in [5, 5.41) is 12.4. The van der Waals surface area contributed by atoms with Crippen molar-refractivity contribution in [2.24, 2.45) is 0 Å². The maximum absolute atomic E-state index is 13.3. The van der Waals surface area contributed by atoms with Crippen molar-refractivity contribution in [2.45, 2.75) is 6.92 Å². The number of rotatable bonds is 4. The Bertz CT molecular complexity index is 1640. The van der Waals surface area contributed by atoms with E-state index in [9.17, 15) is 9.59 Å². The molecule has 1 saturated heterocycles. The molecule has 182 valence electrons. The van der Waals surface area contributed by atoms with E-state index in [0.717, 1.165) is 16.4 Å². The minimum absolute atomic E-state index is 0.0958. The van der Waals surface area contributed by atoms with Gasteiger partial charge in [0.05, 0.1) is 23.1 Å². The quantitative estimate of drug-likeness (QED) is 0.390. The molecule has 4 aromatic heterocycles. The number of hydrogen-bond donors (Lipinski definition) is 1. The van der Waals surface area contributed by atoms with Crippen LogP contribution >= 0.6 is 22.9 Å². The van der Waals surface area contributed by atoms with E-state index < -0.39 is 0 Å². The highest BCUT2D eigenvalue weighted by Gasteiger charge is 2.27. The number of nitrogens with one attached hydrogen (secondary N) is 1. The molecule has 5 heterocycles. The van der Waals surface area contributed by atoms with Gasteiger partial charge in [0.1, 0.15) is 5.52 Å². The summed E-state index contributed by atoms with van der Waals surface area (Å²) in [6.45, 7) is 4.30. The van der Waals surface area contributed by atoms with Crippen LogP contribution in [-0.2, 0) is 0 Å². The summed E-state index contributed by atoms with van der Waals surface area (Å²) in [5.74, 6) is 0.158. The number of halogens is 1. The Labute approximate surface area is 214 Å². The van der Waals surface area contributed by atoms with Gasteiger partial charge in [0.25, 0.3) is 11.5 Å². The lowest BCUT2D eigenvalue weighted by atomic mass is 10.2. The molecule has 1 N–H and O–H groups in total. The monoisotopic (exact) mass is 520 g/mol. The van der Waals surface area contributed by atoms with E-state index in [1.54, 1.807) is 36.6 Å². The number of hydrogen-bond acceptors (Lipinski definition) is 7. The number of amides is 1. The van der Waals surface area contributed by atoms with Crippen molar-refractivity contribution in [3.05, 3.63) is 80.8 Å². The van der Waals surface area contributed by atoms with Crippen LogP contribution in [-0.4, -0.2) is 66.3 Å². The molecule has 10 nitrogen and oxygen atoms in total. The van der Waals surface area contributed by atoms with Crippen LogP contribution in [0.2, 0.25) is 5.02 Å². The van der Waals surface area contributed by atoms with Gasteiger partial charge in [-0.05, 0) is 31.2 Å². The summed E-state index contributed by atoms with van der Waals surface area (Å²) in [5.41, 5.74) is 3.14. The third-order valence-corrected chi connectivity index (χ3v) is 7.42. The van der Waals surface area contributed by atoms with Crippen LogP contribution in [0.5, 0.6) is 0 Å².